The van der Waals surface area contributed by atoms with Crippen molar-refractivity contribution in [2.24, 2.45) is 10.4 Å². The minimum absolute atomic E-state index is 0.0144. The van der Waals surface area contributed by atoms with E-state index in [0.29, 0.717) is 35.7 Å². The van der Waals surface area contributed by atoms with E-state index in [-0.39, 0.29) is 11.5 Å². The van der Waals surface area contributed by atoms with Crippen LogP contribution in [0.3, 0.4) is 0 Å². The lowest BCUT2D eigenvalue weighted by molar-refractivity contribution is -0.274. The van der Waals surface area contributed by atoms with E-state index < -0.39 is 11.8 Å². The van der Waals surface area contributed by atoms with Gasteiger partial charge in [0.05, 0.1) is 17.3 Å². The Bertz CT molecular complexity index is 909. The van der Waals surface area contributed by atoms with Crippen LogP contribution in [0.2, 0.25) is 0 Å². The van der Waals surface area contributed by atoms with E-state index in [2.05, 4.69) is 14.7 Å². The van der Waals surface area contributed by atoms with Crippen molar-refractivity contribution in [2.75, 3.05) is 11.4 Å². The molecule has 5 nitrogen and oxygen atoms in total. The minimum Gasteiger partial charge on any atom is -0.406 e. The largest absolute Gasteiger partial charge is 0.573 e. The molecule has 1 atom stereocenters. The molecule has 1 unspecified atom stereocenters. The fourth-order valence-corrected chi connectivity index (χ4v) is 3.41. The number of Topliss-reactive ketones (excluding diaryl/α,β-unsaturated/α-hetero) is 1. The van der Waals surface area contributed by atoms with Crippen LogP contribution in [0.1, 0.15) is 23.7 Å². The number of halogens is 3. The van der Waals surface area contributed by atoms with Gasteiger partial charge in [-0.3, -0.25) is 9.78 Å². The van der Waals surface area contributed by atoms with Crippen molar-refractivity contribution < 1.29 is 22.7 Å². The van der Waals surface area contributed by atoms with Crippen LogP contribution in [-0.2, 0) is 0 Å². The first-order valence-electron chi connectivity index (χ1n) is 7.99. The molecule has 0 radical (unpaired) electrons. The Labute approximate surface area is 147 Å². The lowest BCUT2D eigenvalue weighted by atomic mass is 9.78. The molecule has 0 N–H and O–H groups in total. The second kappa shape index (κ2) is 5.55. The zero-order valence-electron chi connectivity index (χ0n) is 13.7. The third-order valence-corrected chi connectivity index (χ3v) is 4.74. The molecular weight excluding hydrogens is 347 g/mol. The van der Waals surface area contributed by atoms with Gasteiger partial charge >= 0.3 is 6.36 Å². The van der Waals surface area contributed by atoms with Crippen LogP contribution in [0.25, 0.3) is 0 Å². The number of pyridine rings is 1. The van der Waals surface area contributed by atoms with Crippen LogP contribution in [0, 0.1) is 5.41 Å². The maximum Gasteiger partial charge on any atom is 0.573 e. The maximum atomic E-state index is 12.9. The summed E-state index contributed by atoms with van der Waals surface area (Å²) in [6.07, 6.45) is -1.05. The molecule has 134 valence electrons. The second-order valence-corrected chi connectivity index (χ2v) is 6.43. The Hall–Kier alpha value is -2.90. The van der Waals surface area contributed by atoms with E-state index in [1.165, 1.54) is 30.5 Å². The molecule has 1 fully saturated rings. The van der Waals surface area contributed by atoms with Crippen LogP contribution in [-0.4, -0.2) is 29.5 Å². The van der Waals surface area contributed by atoms with E-state index in [0.717, 1.165) is 0 Å². The predicted molar refractivity (Wildman–Crippen MR) is 88.9 cm³/mol. The SMILES string of the molecule is CC12CCN(c3ccc(OC(F)(F)F)cc3)C1=Nc1cnccc1C2=O. The number of hydrogen-bond acceptors (Lipinski definition) is 5. The van der Waals surface area contributed by atoms with Crippen molar-refractivity contribution in [3.63, 3.8) is 0 Å². The van der Waals surface area contributed by atoms with Crippen LogP contribution in [0.4, 0.5) is 24.5 Å². The molecule has 2 aromatic rings. The summed E-state index contributed by atoms with van der Waals surface area (Å²) in [7, 11) is 0. The van der Waals surface area contributed by atoms with Crippen molar-refractivity contribution in [2.45, 2.75) is 19.7 Å². The number of anilines is 1. The van der Waals surface area contributed by atoms with Crippen molar-refractivity contribution in [3.05, 3.63) is 48.3 Å². The normalized spacial score (nSPS) is 21.9. The number of carbonyl (C=O) groups is 1. The van der Waals surface area contributed by atoms with Gasteiger partial charge in [-0.1, -0.05) is 0 Å². The smallest absolute Gasteiger partial charge is 0.406 e. The summed E-state index contributed by atoms with van der Waals surface area (Å²) in [5.74, 6) is 0.284. The molecule has 4 rings (SSSR count). The molecule has 2 aliphatic heterocycles. The summed E-state index contributed by atoms with van der Waals surface area (Å²) < 4.78 is 40.8. The summed E-state index contributed by atoms with van der Waals surface area (Å²) in [5, 5.41) is 0. The Balaban J connectivity index is 1.69. The molecule has 8 heteroatoms. The summed E-state index contributed by atoms with van der Waals surface area (Å²) in [6, 6.07) is 7.21. The number of rotatable bonds is 2. The van der Waals surface area contributed by atoms with Crippen LogP contribution in [0.15, 0.2) is 47.7 Å². The zero-order chi connectivity index (χ0) is 18.5. The number of fused-ring (bicyclic) bond motifs is 2. The van der Waals surface area contributed by atoms with E-state index in [1.54, 1.807) is 12.3 Å². The van der Waals surface area contributed by atoms with E-state index >= 15 is 0 Å². The van der Waals surface area contributed by atoms with Crippen molar-refractivity contribution in [1.29, 1.82) is 0 Å². The first kappa shape index (κ1) is 16.6. The topological polar surface area (TPSA) is 54.8 Å². The first-order valence-corrected chi connectivity index (χ1v) is 7.99. The molecule has 0 bridgehead atoms. The number of ether oxygens (including phenoxy) is 1. The van der Waals surface area contributed by atoms with E-state index in [9.17, 15) is 18.0 Å². The van der Waals surface area contributed by atoms with Crippen LogP contribution >= 0.6 is 0 Å². The minimum atomic E-state index is -4.73. The first-order chi connectivity index (χ1) is 12.3. The Morgan fingerprint density at radius 2 is 1.92 bits per heavy atom. The van der Waals surface area contributed by atoms with Crippen LogP contribution in [0.5, 0.6) is 5.75 Å². The molecule has 0 spiro atoms. The van der Waals surface area contributed by atoms with Gasteiger partial charge < -0.3 is 9.64 Å². The highest BCUT2D eigenvalue weighted by molar-refractivity contribution is 6.25. The maximum absolute atomic E-state index is 12.9. The quantitative estimate of drug-likeness (QED) is 0.807. The van der Waals surface area contributed by atoms with Gasteiger partial charge in [-0.2, -0.15) is 0 Å². The Morgan fingerprint density at radius 3 is 2.62 bits per heavy atom. The molecule has 26 heavy (non-hydrogen) atoms. The standard InChI is InChI=1S/C18H14F3N3O2/c1-17-7-9-24(11-2-4-12(5-3-11)26-18(19,20)21)16(17)23-14-10-22-8-6-13(14)15(17)25/h2-6,8,10H,7,9H2,1H3. The molecule has 1 aromatic carbocycles. The number of amidine groups is 1. The fourth-order valence-electron chi connectivity index (χ4n) is 3.41. The predicted octanol–water partition coefficient (Wildman–Crippen LogP) is 4.12. The lowest BCUT2D eigenvalue weighted by Crippen LogP contribution is -2.40. The number of ketones is 1. The fraction of sp³-hybridized carbons (Fsp3) is 0.278. The van der Waals surface area contributed by atoms with Crippen LogP contribution < -0.4 is 9.64 Å². The summed E-state index contributed by atoms with van der Waals surface area (Å²) >= 11 is 0. The molecule has 0 saturated carbocycles. The molecule has 0 amide bonds. The third kappa shape index (κ3) is 2.61. The monoisotopic (exact) mass is 361 g/mol. The number of benzene rings is 1. The Morgan fingerprint density at radius 1 is 1.19 bits per heavy atom. The summed E-state index contributed by atoms with van der Waals surface area (Å²) in [4.78, 5) is 23.4. The van der Waals surface area contributed by atoms with Crippen molar-refractivity contribution in [1.82, 2.24) is 4.98 Å². The number of aromatic nitrogens is 1. The molecule has 3 heterocycles. The molecule has 2 aliphatic rings. The highest BCUT2D eigenvalue weighted by Gasteiger charge is 2.49. The average Bonchev–Trinajstić information content (AvgIpc) is 2.93. The number of carbonyl (C=O) groups excluding carboxylic acids is 1. The van der Waals surface area contributed by atoms with Gasteiger partial charge in [0.15, 0.2) is 5.78 Å². The van der Waals surface area contributed by atoms with E-state index in [4.69, 9.17) is 0 Å². The number of nitrogens with zero attached hydrogens (tertiary/aromatic N) is 3. The number of aliphatic imine (C=N–C) groups is 1. The van der Waals surface area contributed by atoms with Gasteiger partial charge in [0.1, 0.15) is 11.6 Å². The number of alkyl halides is 3. The molecule has 0 aliphatic carbocycles. The Kier molecular flexibility index (Phi) is 3.54. The highest BCUT2D eigenvalue weighted by atomic mass is 19.4. The highest BCUT2D eigenvalue weighted by Crippen LogP contribution is 2.44. The van der Waals surface area contributed by atoms with E-state index in [1.807, 2.05) is 11.8 Å². The second-order valence-electron chi connectivity index (χ2n) is 6.43. The van der Waals surface area contributed by atoms with Gasteiger partial charge in [0.25, 0.3) is 0 Å². The summed E-state index contributed by atoms with van der Waals surface area (Å²) in [6.45, 7) is 2.39. The number of hydrogen-bond donors (Lipinski definition) is 0. The zero-order valence-corrected chi connectivity index (χ0v) is 13.7. The van der Waals surface area contributed by atoms with Crippen molar-refractivity contribution >= 4 is 23.0 Å². The van der Waals surface area contributed by atoms with Gasteiger partial charge in [-0.25, -0.2) is 4.99 Å². The van der Waals surface area contributed by atoms with Gasteiger partial charge in [0, 0.05) is 24.0 Å². The van der Waals surface area contributed by atoms with Crippen molar-refractivity contribution in [3.8, 4) is 5.75 Å². The molecule has 1 saturated heterocycles. The summed E-state index contributed by atoms with van der Waals surface area (Å²) in [5.41, 5.74) is 0.952. The lowest BCUT2D eigenvalue weighted by Gasteiger charge is -2.30. The molecular formula is C18H14F3N3O2. The van der Waals surface area contributed by atoms with Gasteiger partial charge in [-0.15, -0.1) is 13.2 Å². The van der Waals surface area contributed by atoms with Gasteiger partial charge in [-0.05, 0) is 43.7 Å². The molecule has 1 aromatic heterocycles. The average molecular weight is 361 g/mol. The van der Waals surface area contributed by atoms with Gasteiger partial charge in [0.2, 0.25) is 0 Å². The third-order valence-electron chi connectivity index (χ3n) is 4.74.